The first-order chi connectivity index (χ1) is 14.6. The summed E-state index contributed by atoms with van der Waals surface area (Å²) in [6, 6.07) is 0.0574. The second kappa shape index (κ2) is 10.6. The van der Waals surface area contributed by atoms with Gasteiger partial charge >= 0.3 is 23.7 Å². The number of carbonyl (C=O) groups is 2. The van der Waals surface area contributed by atoms with Gasteiger partial charge in [-0.25, -0.2) is 9.59 Å². The Bertz CT molecular complexity index is 832. The third-order valence-corrected chi connectivity index (χ3v) is 4.57. The van der Waals surface area contributed by atoms with E-state index in [0.717, 1.165) is 25.1 Å². The number of esters is 1. The number of halogens is 2. The summed E-state index contributed by atoms with van der Waals surface area (Å²) in [6.45, 7) is 6.13. The summed E-state index contributed by atoms with van der Waals surface area (Å²) in [4.78, 5) is 39.4. The fourth-order valence-corrected chi connectivity index (χ4v) is 2.62. The smallest absolute Gasteiger partial charge is 0.412 e. The summed E-state index contributed by atoms with van der Waals surface area (Å²) < 4.78 is 44.6. The van der Waals surface area contributed by atoms with Gasteiger partial charge in [-0.3, -0.25) is 14.7 Å². The van der Waals surface area contributed by atoms with Crippen molar-refractivity contribution in [2.45, 2.75) is 64.3 Å². The molecule has 0 aromatic carbocycles. The zero-order chi connectivity index (χ0) is 23.2. The average Bonchev–Trinajstić information content (AvgIpc) is 2.98. The van der Waals surface area contributed by atoms with Gasteiger partial charge in [0.25, 0.3) is 0 Å². The Morgan fingerprint density at radius 3 is 2.71 bits per heavy atom. The highest BCUT2D eigenvalue weighted by Crippen LogP contribution is 2.42. The Morgan fingerprint density at radius 1 is 1.39 bits per heavy atom. The minimum atomic E-state index is -3.76. The van der Waals surface area contributed by atoms with Crippen molar-refractivity contribution in [2.75, 3.05) is 11.9 Å². The third kappa shape index (κ3) is 6.20. The first kappa shape index (κ1) is 24.7. The number of hydrogen-bond donors (Lipinski definition) is 2. The Morgan fingerprint density at radius 2 is 2.10 bits per heavy atom. The molecule has 0 bridgehead atoms. The molecule has 10 nitrogen and oxygen atoms in total. The molecule has 2 rings (SSSR count). The maximum absolute atomic E-state index is 14.7. The van der Waals surface area contributed by atoms with Gasteiger partial charge in [-0.15, -0.1) is 0 Å². The highest BCUT2D eigenvalue weighted by atomic mass is 19.3. The van der Waals surface area contributed by atoms with Gasteiger partial charge < -0.3 is 19.9 Å². The van der Waals surface area contributed by atoms with Crippen molar-refractivity contribution in [1.82, 2.24) is 9.55 Å². The molecule has 3 atom stereocenters. The number of nitrogens with zero attached hydrogens (tertiary/aromatic N) is 2. The number of nitrogens with two attached hydrogens (primary N) is 1. The minimum Gasteiger partial charge on any atom is -0.452 e. The van der Waals surface area contributed by atoms with Crippen LogP contribution in [0.4, 0.5) is 19.4 Å². The van der Waals surface area contributed by atoms with E-state index in [1.807, 2.05) is 6.92 Å². The molecule has 0 spiro atoms. The molecule has 1 aliphatic heterocycles. The second-order valence-electron chi connectivity index (χ2n) is 7.40. The molecule has 1 amide bonds. The van der Waals surface area contributed by atoms with Crippen molar-refractivity contribution in [3.8, 4) is 0 Å². The molecule has 0 saturated carbocycles. The molecule has 0 unspecified atom stereocenters. The zero-order valence-corrected chi connectivity index (χ0v) is 17.5. The Kier molecular flexibility index (Phi) is 8.45. The number of nitrogens with one attached hydrogen (secondary N) is 1. The van der Waals surface area contributed by atoms with Crippen LogP contribution in [0.3, 0.4) is 0 Å². The summed E-state index contributed by atoms with van der Waals surface area (Å²) in [5, 5.41) is 2.25. The first-order valence-electron chi connectivity index (χ1n) is 9.93. The van der Waals surface area contributed by atoms with E-state index in [1.165, 1.54) is 0 Å². The van der Waals surface area contributed by atoms with E-state index < -0.39 is 42.0 Å². The molecule has 0 aliphatic carbocycles. The molecular formula is C19H27F2N4O6. The van der Waals surface area contributed by atoms with E-state index in [4.69, 9.17) is 19.9 Å². The van der Waals surface area contributed by atoms with Gasteiger partial charge in [0.1, 0.15) is 18.5 Å². The molecule has 3 N–H and O–H groups in total. The van der Waals surface area contributed by atoms with Crippen LogP contribution in [-0.4, -0.2) is 46.3 Å². The molecular weight excluding hydrogens is 418 g/mol. The average molecular weight is 445 g/mol. The molecule has 1 aromatic rings. The van der Waals surface area contributed by atoms with Crippen molar-refractivity contribution in [2.24, 2.45) is 11.7 Å². The summed E-state index contributed by atoms with van der Waals surface area (Å²) in [5.41, 5.74) is 4.51. The quantitative estimate of drug-likeness (QED) is 0.436. The number of hydrogen-bond acceptors (Lipinski definition) is 8. The fourth-order valence-electron chi connectivity index (χ4n) is 2.62. The van der Waals surface area contributed by atoms with Crippen molar-refractivity contribution >= 4 is 17.9 Å². The molecule has 31 heavy (non-hydrogen) atoms. The standard InChI is InChI=1S/C19H27F2N4O6/c1-4-5-6-9-29-18(28)24-13-7-8-25(17(27)23-13)16-19(20,21)12(10-30-16)31-15(26)14(22)11(2)3/h7-8,10-12,14,16H,4-6,9,22H2,1-3H3,(H,23,24,27,28)/t12-,14+,16-/m1/s1. The number of alkyl halides is 2. The SMILES string of the molecule is CCCCCOC(=O)Nc1ccn([C@@H]2O[CH][C@@H](OC(=O)[C@@H](N)C(C)C)C2(F)F)c(=O)n1. The molecule has 173 valence electrons. The predicted octanol–water partition coefficient (Wildman–Crippen LogP) is 2.20. The lowest BCUT2D eigenvalue weighted by molar-refractivity contribution is -0.177. The van der Waals surface area contributed by atoms with Crippen molar-refractivity contribution < 1.29 is 32.6 Å². The van der Waals surface area contributed by atoms with E-state index in [1.54, 1.807) is 13.8 Å². The normalized spacial score (nSPS) is 21.0. The number of unbranched alkanes of at least 4 members (excludes halogenated alkanes) is 2. The molecule has 2 heterocycles. The van der Waals surface area contributed by atoms with Gasteiger partial charge in [-0.1, -0.05) is 33.6 Å². The van der Waals surface area contributed by atoms with Gasteiger partial charge in [-0.2, -0.15) is 13.8 Å². The lowest BCUT2D eigenvalue weighted by Gasteiger charge is -2.24. The van der Waals surface area contributed by atoms with Gasteiger partial charge in [0, 0.05) is 6.20 Å². The number of carbonyl (C=O) groups excluding carboxylic acids is 2. The van der Waals surface area contributed by atoms with E-state index in [2.05, 4.69) is 10.3 Å². The Hall–Kier alpha value is -2.60. The summed E-state index contributed by atoms with van der Waals surface area (Å²) in [5.74, 6) is -5.25. The fraction of sp³-hybridized carbons (Fsp3) is 0.632. The number of anilines is 1. The zero-order valence-electron chi connectivity index (χ0n) is 17.5. The third-order valence-electron chi connectivity index (χ3n) is 4.57. The number of amides is 1. The molecule has 1 radical (unpaired) electrons. The predicted molar refractivity (Wildman–Crippen MR) is 105 cm³/mol. The van der Waals surface area contributed by atoms with Crippen LogP contribution >= 0.6 is 0 Å². The van der Waals surface area contributed by atoms with E-state index in [0.29, 0.717) is 17.6 Å². The molecule has 1 aromatic heterocycles. The first-order valence-corrected chi connectivity index (χ1v) is 9.93. The van der Waals surface area contributed by atoms with E-state index >= 15 is 0 Å². The van der Waals surface area contributed by atoms with Crippen LogP contribution in [0.15, 0.2) is 17.1 Å². The molecule has 12 heteroatoms. The lowest BCUT2D eigenvalue weighted by atomic mass is 10.1. The van der Waals surface area contributed by atoms with Crippen LogP contribution in [0.5, 0.6) is 0 Å². The number of rotatable bonds is 9. The van der Waals surface area contributed by atoms with Gasteiger partial charge in [0.05, 0.1) is 6.61 Å². The van der Waals surface area contributed by atoms with Crippen LogP contribution in [0.2, 0.25) is 0 Å². The highest BCUT2D eigenvalue weighted by molar-refractivity contribution is 5.83. The van der Waals surface area contributed by atoms with Crippen LogP contribution in [-0.2, 0) is 19.0 Å². The Labute approximate surface area is 178 Å². The lowest BCUT2D eigenvalue weighted by Crippen LogP contribution is -2.45. The van der Waals surface area contributed by atoms with E-state index in [-0.39, 0.29) is 18.3 Å². The molecule has 1 saturated heterocycles. The summed E-state index contributed by atoms with van der Waals surface area (Å²) in [7, 11) is 0. The molecule has 1 fully saturated rings. The van der Waals surface area contributed by atoms with Gasteiger partial charge in [0.2, 0.25) is 6.23 Å². The summed E-state index contributed by atoms with van der Waals surface area (Å²) >= 11 is 0. The highest BCUT2D eigenvalue weighted by Gasteiger charge is 2.58. The topological polar surface area (TPSA) is 135 Å². The van der Waals surface area contributed by atoms with Crippen molar-refractivity contribution in [1.29, 1.82) is 0 Å². The minimum absolute atomic E-state index is 0.169. The second-order valence-corrected chi connectivity index (χ2v) is 7.40. The Balaban J connectivity index is 2.04. The number of ether oxygens (including phenoxy) is 3. The maximum Gasteiger partial charge on any atom is 0.412 e. The van der Waals surface area contributed by atoms with E-state index in [9.17, 15) is 23.2 Å². The van der Waals surface area contributed by atoms with Crippen molar-refractivity contribution in [3.63, 3.8) is 0 Å². The van der Waals surface area contributed by atoms with Gasteiger partial charge in [0.15, 0.2) is 6.10 Å². The number of aromatic nitrogens is 2. The monoisotopic (exact) mass is 445 g/mol. The van der Waals surface area contributed by atoms with Crippen LogP contribution in [0, 0.1) is 12.5 Å². The van der Waals surface area contributed by atoms with Crippen molar-refractivity contribution in [3.05, 3.63) is 29.4 Å². The van der Waals surface area contributed by atoms with Crippen LogP contribution < -0.4 is 16.7 Å². The van der Waals surface area contributed by atoms with Gasteiger partial charge in [-0.05, 0) is 18.4 Å². The largest absolute Gasteiger partial charge is 0.452 e. The van der Waals surface area contributed by atoms with Crippen LogP contribution in [0.25, 0.3) is 0 Å². The summed E-state index contributed by atoms with van der Waals surface area (Å²) in [6.07, 6.45) is -1.40. The van der Waals surface area contributed by atoms with Crippen LogP contribution in [0.1, 0.15) is 46.3 Å². The maximum atomic E-state index is 14.7. The molecule has 1 aliphatic rings.